The molecule has 3 amide bonds. The zero-order valence-corrected chi connectivity index (χ0v) is 18.7. The molecule has 0 radical (unpaired) electrons. The van der Waals surface area contributed by atoms with E-state index in [1.165, 1.54) is 11.1 Å². The lowest BCUT2D eigenvalue weighted by Gasteiger charge is -2.29. The van der Waals surface area contributed by atoms with Crippen LogP contribution in [0.2, 0.25) is 0 Å². The van der Waals surface area contributed by atoms with Gasteiger partial charge in [0.25, 0.3) is 5.91 Å². The van der Waals surface area contributed by atoms with E-state index in [0.717, 1.165) is 27.8 Å². The zero-order chi connectivity index (χ0) is 24.3. The molecule has 1 atom stereocenters. The number of nitrogens with zero attached hydrogens (tertiary/aromatic N) is 5. The number of pyridine rings is 1. The summed E-state index contributed by atoms with van der Waals surface area (Å²) in [6.45, 7) is 0.305. The van der Waals surface area contributed by atoms with Gasteiger partial charge in [0.2, 0.25) is 11.8 Å². The Balaban J connectivity index is 1.33. The van der Waals surface area contributed by atoms with Crippen molar-refractivity contribution >= 4 is 28.8 Å². The molecule has 10 nitrogen and oxygen atoms in total. The highest BCUT2D eigenvalue weighted by atomic mass is 16.2. The van der Waals surface area contributed by atoms with Gasteiger partial charge in [-0.1, -0.05) is 6.07 Å². The summed E-state index contributed by atoms with van der Waals surface area (Å²) in [6, 6.07) is 8.79. The minimum atomic E-state index is -0.647. The van der Waals surface area contributed by atoms with E-state index in [4.69, 9.17) is 4.98 Å². The first-order valence-corrected chi connectivity index (χ1v) is 11.1. The fourth-order valence-corrected chi connectivity index (χ4v) is 4.84. The third-order valence-corrected chi connectivity index (χ3v) is 6.60. The quantitative estimate of drug-likeness (QED) is 0.445. The van der Waals surface area contributed by atoms with Crippen LogP contribution in [0.5, 0.6) is 0 Å². The molecule has 2 aliphatic rings. The largest absolute Gasteiger partial charge is 0.345 e. The number of benzene rings is 1. The molecule has 0 saturated carbocycles. The van der Waals surface area contributed by atoms with Gasteiger partial charge >= 0.3 is 0 Å². The van der Waals surface area contributed by atoms with Crippen LogP contribution in [-0.4, -0.2) is 48.2 Å². The molecule has 35 heavy (non-hydrogen) atoms. The smallest absolute Gasteiger partial charge is 0.255 e. The van der Waals surface area contributed by atoms with Gasteiger partial charge in [0.15, 0.2) is 0 Å². The summed E-state index contributed by atoms with van der Waals surface area (Å²) in [5.74, 6) is -0.226. The Morgan fingerprint density at radius 3 is 2.83 bits per heavy atom. The fourth-order valence-electron chi connectivity index (χ4n) is 4.84. The molecule has 0 spiro atoms. The van der Waals surface area contributed by atoms with E-state index in [2.05, 4.69) is 21.4 Å². The van der Waals surface area contributed by atoms with Crippen LogP contribution < -0.4 is 5.32 Å². The molecule has 5 heterocycles. The van der Waals surface area contributed by atoms with Gasteiger partial charge in [0, 0.05) is 60.7 Å². The molecule has 2 N–H and O–H groups in total. The van der Waals surface area contributed by atoms with E-state index in [1.54, 1.807) is 12.1 Å². The third kappa shape index (κ3) is 3.28. The van der Waals surface area contributed by atoms with E-state index in [9.17, 15) is 19.6 Å². The molecule has 1 saturated heterocycles. The van der Waals surface area contributed by atoms with Gasteiger partial charge in [-0.2, -0.15) is 5.26 Å². The van der Waals surface area contributed by atoms with Crippen LogP contribution in [-0.2, 0) is 23.2 Å². The molecule has 3 aromatic heterocycles. The number of carbonyl (C=O) groups excluding carboxylic acids is 3. The first-order valence-electron chi connectivity index (χ1n) is 11.1. The maximum atomic E-state index is 13.0. The number of piperidine rings is 1. The molecule has 1 aromatic carbocycles. The number of hydrogen-bond acceptors (Lipinski definition) is 6. The van der Waals surface area contributed by atoms with Crippen molar-refractivity contribution in [3.63, 3.8) is 0 Å². The monoisotopic (exact) mass is 465 g/mol. The summed E-state index contributed by atoms with van der Waals surface area (Å²) in [5, 5.41) is 12.4. The Kier molecular flexibility index (Phi) is 4.54. The summed E-state index contributed by atoms with van der Waals surface area (Å²) in [4.78, 5) is 50.5. The van der Waals surface area contributed by atoms with Crippen molar-refractivity contribution in [1.82, 2.24) is 29.7 Å². The van der Waals surface area contributed by atoms with Crippen LogP contribution in [0.4, 0.5) is 0 Å². The van der Waals surface area contributed by atoms with Gasteiger partial charge in [-0.15, -0.1) is 0 Å². The Hall–Kier alpha value is -4.78. The summed E-state index contributed by atoms with van der Waals surface area (Å²) >= 11 is 0. The molecule has 172 valence electrons. The number of aromatic nitrogens is 4. The minimum Gasteiger partial charge on any atom is -0.345 e. The molecular weight excluding hydrogens is 446 g/mol. The van der Waals surface area contributed by atoms with E-state index in [1.807, 2.05) is 36.1 Å². The number of H-pyrrole nitrogens is 1. The number of fused-ring (bicyclic) bond motifs is 2. The lowest BCUT2D eigenvalue weighted by Crippen LogP contribution is -2.52. The van der Waals surface area contributed by atoms with Crippen LogP contribution in [0.1, 0.15) is 34.3 Å². The Morgan fingerprint density at radius 1 is 1.17 bits per heavy atom. The molecule has 0 aliphatic carbocycles. The minimum absolute atomic E-state index is 0.206. The second kappa shape index (κ2) is 7.63. The molecule has 1 unspecified atom stereocenters. The number of rotatable bonds is 3. The number of nitrogens with one attached hydrogen (secondary N) is 2. The van der Waals surface area contributed by atoms with Gasteiger partial charge in [0.1, 0.15) is 23.6 Å². The summed E-state index contributed by atoms with van der Waals surface area (Å²) in [6.07, 6.45) is 5.80. The number of carbonyl (C=O) groups is 3. The number of aromatic amines is 1. The predicted octanol–water partition coefficient (Wildman–Crippen LogP) is 2.26. The topological polar surface area (TPSA) is 137 Å². The molecule has 4 aromatic rings. The molecular formula is C25H19N7O3. The summed E-state index contributed by atoms with van der Waals surface area (Å²) < 4.78 is 1.91. The molecule has 10 heteroatoms. The second-order valence-electron chi connectivity index (χ2n) is 8.77. The first kappa shape index (κ1) is 20.8. The maximum Gasteiger partial charge on any atom is 0.255 e. The van der Waals surface area contributed by atoms with E-state index in [-0.39, 0.29) is 18.2 Å². The normalized spacial score (nSPS) is 17.5. The van der Waals surface area contributed by atoms with Gasteiger partial charge in [-0.25, -0.2) is 9.97 Å². The lowest BCUT2D eigenvalue weighted by molar-refractivity contribution is -0.136. The van der Waals surface area contributed by atoms with Gasteiger partial charge in [-0.05, 0) is 30.2 Å². The van der Waals surface area contributed by atoms with Crippen LogP contribution in [0.3, 0.4) is 0 Å². The number of amides is 3. The van der Waals surface area contributed by atoms with Gasteiger partial charge in [-0.3, -0.25) is 19.7 Å². The van der Waals surface area contributed by atoms with Crippen molar-refractivity contribution in [1.29, 1.82) is 5.26 Å². The predicted molar refractivity (Wildman–Crippen MR) is 124 cm³/mol. The zero-order valence-electron chi connectivity index (χ0n) is 18.7. The van der Waals surface area contributed by atoms with Crippen molar-refractivity contribution in [2.45, 2.75) is 25.4 Å². The molecule has 2 aliphatic heterocycles. The van der Waals surface area contributed by atoms with Crippen molar-refractivity contribution < 1.29 is 14.4 Å². The highest BCUT2D eigenvalue weighted by Gasteiger charge is 2.39. The third-order valence-electron chi connectivity index (χ3n) is 6.60. The van der Waals surface area contributed by atoms with E-state index < -0.39 is 11.9 Å². The molecule has 6 rings (SSSR count). The lowest BCUT2D eigenvalue weighted by atomic mass is 10.0. The standard InChI is InChI=1S/C25H19N7O3/c1-31-12-19(29-23(31)18-10-28-22-17(18)6-13(8-26)9-27-22)14-2-3-16-15(7-14)11-32(25(16)35)20-4-5-21(33)30-24(20)34/h2-3,6-7,9-10,12,20H,4-5,11H2,1H3,(H,27,28)(H,30,33,34). The first-order chi connectivity index (χ1) is 16.9. The van der Waals surface area contributed by atoms with Gasteiger partial charge < -0.3 is 14.5 Å². The highest BCUT2D eigenvalue weighted by molar-refractivity contribution is 6.05. The van der Waals surface area contributed by atoms with E-state index >= 15 is 0 Å². The van der Waals surface area contributed by atoms with Crippen LogP contribution in [0.25, 0.3) is 33.7 Å². The maximum absolute atomic E-state index is 13.0. The van der Waals surface area contributed by atoms with Crippen molar-refractivity contribution in [3.8, 4) is 28.7 Å². The number of nitriles is 1. The number of aryl methyl sites for hydroxylation is 1. The number of hydrogen-bond donors (Lipinski definition) is 2. The fraction of sp³-hybridized carbons (Fsp3) is 0.200. The van der Waals surface area contributed by atoms with Crippen LogP contribution >= 0.6 is 0 Å². The number of imide groups is 1. The van der Waals surface area contributed by atoms with E-state index in [0.29, 0.717) is 35.6 Å². The van der Waals surface area contributed by atoms with Crippen molar-refractivity contribution in [2.24, 2.45) is 7.05 Å². The average Bonchev–Trinajstić information content (AvgIpc) is 3.53. The summed E-state index contributed by atoms with van der Waals surface area (Å²) in [7, 11) is 1.90. The molecule has 1 fully saturated rings. The van der Waals surface area contributed by atoms with Crippen LogP contribution in [0.15, 0.2) is 42.9 Å². The van der Waals surface area contributed by atoms with Gasteiger partial charge in [0.05, 0.1) is 11.3 Å². The Bertz CT molecular complexity index is 1610. The second-order valence-corrected chi connectivity index (χ2v) is 8.77. The Morgan fingerprint density at radius 2 is 2.03 bits per heavy atom. The average molecular weight is 465 g/mol. The van der Waals surface area contributed by atoms with Crippen molar-refractivity contribution in [2.75, 3.05) is 0 Å². The summed E-state index contributed by atoms with van der Waals surface area (Å²) in [5.41, 5.74) is 4.93. The van der Waals surface area contributed by atoms with Crippen LogP contribution in [0, 0.1) is 11.3 Å². The van der Waals surface area contributed by atoms with Crippen molar-refractivity contribution in [3.05, 3.63) is 59.5 Å². The Labute approximate surface area is 199 Å². The number of imidazole rings is 1. The SMILES string of the molecule is Cn1cc(-c2ccc3c(c2)CN(C2CCC(=O)NC2=O)C3=O)nc1-c1c[nH]c2ncc(C#N)cc12. The molecule has 0 bridgehead atoms. The highest BCUT2D eigenvalue weighted by Crippen LogP contribution is 2.33.